The van der Waals surface area contributed by atoms with Gasteiger partial charge in [0.25, 0.3) is 0 Å². The Bertz CT molecular complexity index is 534. The molecule has 5 heteroatoms. The van der Waals surface area contributed by atoms with Gasteiger partial charge in [0.2, 0.25) is 5.91 Å². The monoisotopic (exact) mass is 338 g/mol. The Hall–Kier alpha value is -1.26. The second-order valence-corrected chi connectivity index (χ2v) is 6.95. The summed E-state index contributed by atoms with van der Waals surface area (Å²) in [6.45, 7) is 1.43. The Morgan fingerprint density at radius 1 is 1.26 bits per heavy atom. The molecule has 0 heterocycles. The quantitative estimate of drug-likeness (QED) is 0.837. The van der Waals surface area contributed by atoms with Gasteiger partial charge in [-0.3, -0.25) is 4.79 Å². The lowest BCUT2D eigenvalue weighted by Gasteiger charge is -2.25. The number of benzene rings is 1. The number of nitrogens with zero attached hydrogens (tertiary/aromatic N) is 1. The van der Waals surface area contributed by atoms with Gasteiger partial charge in [0, 0.05) is 25.6 Å². The summed E-state index contributed by atoms with van der Waals surface area (Å²) in [6.07, 6.45) is 6.31. The molecule has 3 rings (SSSR count). The van der Waals surface area contributed by atoms with E-state index in [9.17, 15) is 9.90 Å². The van der Waals surface area contributed by atoms with E-state index in [1.165, 1.54) is 12.8 Å². The van der Waals surface area contributed by atoms with Gasteiger partial charge in [-0.25, -0.2) is 0 Å². The normalized spacial score (nSPS) is 23.3. The molecule has 1 aromatic rings. The number of halogens is 1. The number of hydrogen-bond donors (Lipinski definition) is 2. The predicted molar refractivity (Wildman–Crippen MR) is 93.4 cm³/mol. The smallest absolute Gasteiger partial charge is 0.223 e. The van der Waals surface area contributed by atoms with Crippen molar-refractivity contribution in [2.24, 2.45) is 17.6 Å². The van der Waals surface area contributed by atoms with Gasteiger partial charge >= 0.3 is 0 Å². The van der Waals surface area contributed by atoms with Crippen LogP contribution in [0.2, 0.25) is 0 Å². The molecule has 3 N–H and O–H groups in total. The SMILES string of the molecule is Cl.N[C@@H]1CCC[C@H]1CC(=O)N(Cc1cccc(O)c1)CC1CC1. The lowest BCUT2D eigenvalue weighted by Crippen LogP contribution is -2.36. The van der Waals surface area contributed by atoms with E-state index in [2.05, 4.69) is 0 Å². The first-order chi connectivity index (χ1) is 10.6. The van der Waals surface area contributed by atoms with E-state index < -0.39 is 0 Å². The zero-order valence-electron chi connectivity index (χ0n) is 13.5. The third-order valence-electron chi connectivity index (χ3n) is 4.97. The summed E-state index contributed by atoms with van der Waals surface area (Å²) < 4.78 is 0. The number of nitrogens with two attached hydrogens (primary N) is 1. The van der Waals surface area contributed by atoms with Crippen LogP contribution >= 0.6 is 12.4 Å². The van der Waals surface area contributed by atoms with Gasteiger partial charge in [-0.05, 0) is 55.2 Å². The molecule has 0 aliphatic heterocycles. The first-order valence-electron chi connectivity index (χ1n) is 8.43. The summed E-state index contributed by atoms with van der Waals surface area (Å²) in [7, 11) is 0. The lowest BCUT2D eigenvalue weighted by molar-refractivity contribution is -0.133. The van der Waals surface area contributed by atoms with Crippen LogP contribution < -0.4 is 5.73 Å². The molecule has 0 bridgehead atoms. The van der Waals surface area contributed by atoms with Crippen molar-refractivity contribution < 1.29 is 9.90 Å². The van der Waals surface area contributed by atoms with E-state index >= 15 is 0 Å². The molecule has 0 unspecified atom stereocenters. The number of carbonyl (C=O) groups excluding carboxylic acids is 1. The fraction of sp³-hybridized carbons (Fsp3) is 0.611. The fourth-order valence-electron chi connectivity index (χ4n) is 3.41. The van der Waals surface area contributed by atoms with E-state index in [-0.39, 0.29) is 30.1 Å². The number of amides is 1. The third kappa shape index (κ3) is 5.11. The van der Waals surface area contributed by atoms with E-state index in [4.69, 9.17) is 5.73 Å². The number of rotatable bonds is 6. The summed E-state index contributed by atoms with van der Waals surface area (Å²) in [5, 5.41) is 9.60. The van der Waals surface area contributed by atoms with Gasteiger partial charge in [0.1, 0.15) is 5.75 Å². The van der Waals surface area contributed by atoms with E-state index in [1.807, 2.05) is 17.0 Å². The average Bonchev–Trinajstić information content (AvgIpc) is 3.21. The molecule has 1 amide bonds. The van der Waals surface area contributed by atoms with E-state index in [0.29, 0.717) is 24.8 Å². The second kappa shape index (κ2) is 8.02. The minimum atomic E-state index is 0. The molecule has 2 saturated carbocycles. The number of carbonyl (C=O) groups is 1. The van der Waals surface area contributed by atoms with Crippen molar-refractivity contribution in [3.05, 3.63) is 29.8 Å². The topological polar surface area (TPSA) is 66.6 Å². The van der Waals surface area contributed by atoms with Crippen LogP contribution in [0, 0.1) is 11.8 Å². The van der Waals surface area contributed by atoms with Crippen molar-refractivity contribution in [2.75, 3.05) is 6.54 Å². The van der Waals surface area contributed by atoms with Crippen molar-refractivity contribution in [3.63, 3.8) is 0 Å². The minimum Gasteiger partial charge on any atom is -0.508 e. The Morgan fingerprint density at radius 2 is 2.04 bits per heavy atom. The van der Waals surface area contributed by atoms with Gasteiger partial charge in [-0.15, -0.1) is 12.4 Å². The first kappa shape index (κ1) is 18.1. The average molecular weight is 339 g/mol. The molecule has 2 fully saturated rings. The van der Waals surface area contributed by atoms with E-state index in [0.717, 1.165) is 31.4 Å². The van der Waals surface area contributed by atoms with Crippen LogP contribution in [0.5, 0.6) is 5.75 Å². The summed E-state index contributed by atoms with van der Waals surface area (Å²) in [4.78, 5) is 14.7. The van der Waals surface area contributed by atoms with Crippen molar-refractivity contribution in [2.45, 2.75) is 51.1 Å². The van der Waals surface area contributed by atoms with Crippen molar-refractivity contribution in [1.29, 1.82) is 0 Å². The summed E-state index contributed by atoms with van der Waals surface area (Å²) in [5.41, 5.74) is 7.10. The molecule has 0 aromatic heterocycles. The highest BCUT2D eigenvalue weighted by atomic mass is 35.5. The Kier molecular flexibility index (Phi) is 6.31. The molecule has 23 heavy (non-hydrogen) atoms. The van der Waals surface area contributed by atoms with Gasteiger partial charge in [-0.2, -0.15) is 0 Å². The number of hydrogen-bond acceptors (Lipinski definition) is 3. The van der Waals surface area contributed by atoms with Crippen LogP contribution in [0.15, 0.2) is 24.3 Å². The first-order valence-corrected chi connectivity index (χ1v) is 8.43. The van der Waals surface area contributed by atoms with Crippen LogP contribution in [0.4, 0.5) is 0 Å². The molecular weight excluding hydrogens is 312 g/mol. The zero-order valence-corrected chi connectivity index (χ0v) is 14.3. The molecule has 1 aromatic carbocycles. The molecule has 0 spiro atoms. The Morgan fingerprint density at radius 3 is 2.65 bits per heavy atom. The molecular formula is C18H27ClN2O2. The molecule has 0 radical (unpaired) electrons. The highest BCUT2D eigenvalue weighted by Crippen LogP contribution is 2.32. The Balaban J connectivity index is 0.00000192. The summed E-state index contributed by atoms with van der Waals surface area (Å²) >= 11 is 0. The fourth-order valence-corrected chi connectivity index (χ4v) is 3.41. The van der Waals surface area contributed by atoms with Crippen LogP contribution in [-0.2, 0) is 11.3 Å². The van der Waals surface area contributed by atoms with Crippen LogP contribution in [0.1, 0.15) is 44.1 Å². The second-order valence-electron chi connectivity index (χ2n) is 6.95. The standard InChI is InChI=1S/C18H26N2O2.ClH/c19-17-6-2-4-15(17)10-18(22)20(11-13-7-8-13)12-14-3-1-5-16(21)9-14;/h1,3,5,9,13,15,17,21H,2,4,6-8,10-12,19H2;1H/t15-,17+;/m0./s1. The number of phenolic OH excluding ortho intramolecular Hbond substituents is 1. The van der Waals surface area contributed by atoms with Crippen molar-refractivity contribution >= 4 is 18.3 Å². The molecule has 2 atom stereocenters. The minimum absolute atomic E-state index is 0. The van der Waals surface area contributed by atoms with Crippen LogP contribution in [0.25, 0.3) is 0 Å². The molecule has 2 aliphatic rings. The van der Waals surface area contributed by atoms with Gasteiger partial charge in [0.05, 0.1) is 0 Å². The molecule has 128 valence electrons. The number of phenols is 1. The van der Waals surface area contributed by atoms with Gasteiger partial charge in [-0.1, -0.05) is 18.6 Å². The lowest BCUT2D eigenvalue weighted by atomic mass is 9.99. The molecule has 0 saturated heterocycles. The largest absolute Gasteiger partial charge is 0.508 e. The maximum atomic E-state index is 12.7. The Labute approximate surface area is 144 Å². The highest BCUT2D eigenvalue weighted by molar-refractivity contribution is 5.85. The summed E-state index contributed by atoms with van der Waals surface area (Å²) in [6, 6.07) is 7.39. The zero-order chi connectivity index (χ0) is 15.5. The van der Waals surface area contributed by atoms with Crippen LogP contribution in [-0.4, -0.2) is 28.5 Å². The highest BCUT2D eigenvalue weighted by Gasteiger charge is 2.31. The maximum Gasteiger partial charge on any atom is 0.223 e. The maximum absolute atomic E-state index is 12.7. The van der Waals surface area contributed by atoms with Gasteiger partial charge < -0.3 is 15.7 Å². The third-order valence-corrected chi connectivity index (χ3v) is 4.97. The number of aromatic hydroxyl groups is 1. The van der Waals surface area contributed by atoms with E-state index in [1.54, 1.807) is 12.1 Å². The van der Waals surface area contributed by atoms with Crippen molar-refractivity contribution in [3.8, 4) is 5.75 Å². The van der Waals surface area contributed by atoms with Gasteiger partial charge in [0.15, 0.2) is 0 Å². The summed E-state index contributed by atoms with van der Waals surface area (Å²) in [5.74, 6) is 1.49. The molecule has 4 nitrogen and oxygen atoms in total. The predicted octanol–water partition coefficient (Wildman–Crippen LogP) is 3.07. The molecule has 2 aliphatic carbocycles. The van der Waals surface area contributed by atoms with Crippen molar-refractivity contribution in [1.82, 2.24) is 4.90 Å². The van der Waals surface area contributed by atoms with Crippen LogP contribution in [0.3, 0.4) is 0 Å².